The summed E-state index contributed by atoms with van der Waals surface area (Å²) in [5.41, 5.74) is 7.89. The van der Waals surface area contributed by atoms with Crippen molar-refractivity contribution in [3.05, 3.63) is 81.5 Å². The minimum atomic E-state index is 0.662. The fourth-order valence-electron chi connectivity index (χ4n) is 3.92. The van der Waals surface area contributed by atoms with E-state index >= 15 is 0 Å². The van der Waals surface area contributed by atoms with Crippen molar-refractivity contribution >= 4 is 46.8 Å². The Morgan fingerprint density at radius 1 is 1.20 bits per heavy atom. The Morgan fingerprint density at radius 3 is 2.86 bits per heavy atom. The van der Waals surface area contributed by atoms with Crippen LogP contribution in [0.25, 0.3) is 51.2 Å². The van der Waals surface area contributed by atoms with Gasteiger partial charge in [0.2, 0.25) is 0 Å². The zero-order chi connectivity index (χ0) is 24.5. The molecule has 4 aromatic rings. The summed E-state index contributed by atoms with van der Waals surface area (Å²) in [6.45, 7) is 15.2. The van der Waals surface area contributed by atoms with E-state index in [0.29, 0.717) is 18.1 Å². The highest BCUT2D eigenvalue weighted by Crippen LogP contribution is 2.34. The number of fused-ring (bicyclic) bond motifs is 1. The Morgan fingerprint density at radius 2 is 2.06 bits per heavy atom. The number of imidazole rings is 1. The van der Waals surface area contributed by atoms with Gasteiger partial charge in [-0.2, -0.15) is 5.10 Å². The number of aromatic amines is 2. The highest BCUT2D eigenvalue weighted by Gasteiger charge is 2.15. The zero-order valence-corrected chi connectivity index (χ0v) is 20.8. The molecule has 0 amide bonds. The van der Waals surface area contributed by atoms with Crippen LogP contribution in [-0.2, 0) is 0 Å². The van der Waals surface area contributed by atoms with E-state index < -0.39 is 0 Å². The van der Waals surface area contributed by atoms with Crippen LogP contribution in [0.15, 0.2) is 71.0 Å². The van der Waals surface area contributed by atoms with Crippen molar-refractivity contribution in [2.75, 3.05) is 6.54 Å². The summed E-state index contributed by atoms with van der Waals surface area (Å²) >= 11 is 1.69. The molecule has 6 nitrogen and oxygen atoms in total. The molecule has 0 spiro atoms. The Hall–Kier alpha value is -4.10. The average Bonchev–Trinajstić information content (AvgIpc) is 3.54. The second-order valence-corrected chi connectivity index (χ2v) is 9.72. The number of pyridine rings is 1. The molecule has 0 aliphatic carbocycles. The molecule has 4 aromatic heterocycles. The number of aliphatic imine (C=N–C) groups is 1. The van der Waals surface area contributed by atoms with Gasteiger partial charge in [0.1, 0.15) is 11.2 Å². The van der Waals surface area contributed by atoms with E-state index in [0.717, 1.165) is 53.6 Å². The maximum atomic E-state index is 4.88. The van der Waals surface area contributed by atoms with E-state index in [4.69, 9.17) is 4.98 Å². The third-order valence-corrected chi connectivity index (χ3v) is 7.14. The summed E-state index contributed by atoms with van der Waals surface area (Å²) < 4.78 is 0. The lowest BCUT2D eigenvalue weighted by Gasteiger charge is -2.00. The molecule has 7 heteroatoms. The van der Waals surface area contributed by atoms with Crippen molar-refractivity contribution < 1.29 is 0 Å². The monoisotopic (exact) mass is 478 g/mol. The maximum absolute atomic E-state index is 4.88. The number of thiophene rings is 1. The summed E-state index contributed by atoms with van der Waals surface area (Å²) in [5, 5.41) is 9.24. The van der Waals surface area contributed by atoms with Crippen molar-refractivity contribution in [1.82, 2.24) is 25.1 Å². The van der Waals surface area contributed by atoms with E-state index in [1.165, 1.54) is 5.57 Å². The van der Waals surface area contributed by atoms with Crippen LogP contribution in [0.4, 0.5) is 0 Å². The van der Waals surface area contributed by atoms with Crippen LogP contribution in [0.3, 0.4) is 0 Å². The van der Waals surface area contributed by atoms with Gasteiger partial charge in [-0.25, -0.2) is 4.98 Å². The third-order valence-electron chi connectivity index (χ3n) is 5.86. The molecule has 0 aromatic carbocycles. The van der Waals surface area contributed by atoms with Crippen molar-refractivity contribution in [3.63, 3.8) is 0 Å². The van der Waals surface area contributed by atoms with Crippen LogP contribution in [0, 0.1) is 0 Å². The smallest absolute Gasteiger partial charge is 0.159 e. The van der Waals surface area contributed by atoms with Crippen LogP contribution in [0.2, 0.25) is 0 Å². The predicted molar refractivity (Wildman–Crippen MR) is 148 cm³/mol. The Balaban J connectivity index is 1.50. The van der Waals surface area contributed by atoms with Crippen LogP contribution in [-0.4, -0.2) is 37.9 Å². The molecule has 174 valence electrons. The van der Waals surface area contributed by atoms with Gasteiger partial charge < -0.3 is 4.98 Å². The number of H-pyrrole nitrogens is 2. The second kappa shape index (κ2) is 9.27. The van der Waals surface area contributed by atoms with E-state index in [2.05, 4.69) is 82.5 Å². The van der Waals surface area contributed by atoms with Crippen molar-refractivity contribution in [3.8, 4) is 22.0 Å². The number of hydrogen-bond acceptors (Lipinski definition) is 5. The molecule has 1 aliphatic heterocycles. The number of allylic oxidation sites excluding steroid dienone is 6. The lowest BCUT2D eigenvalue weighted by molar-refractivity contribution is 1.06. The fraction of sp³-hybridized carbons (Fsp3) is 0.143. The highest BCUT2D eigenvalue weighted by molar-refractivity contribution is 7.16. The van der Waals surface area contributed by atoms with E-state index in [9.17, 15) is 0 Å². The number of nitrogens with zero attached hydrogens (tertiary/aromatic N) is 4. The minimum absolute atomic E-state index is 0.662. The molecule has 0 saturated carbocycles. The maximum Gasteiger partial charge on any atom is 0.159 e. The standard InChI is InChI=1S/C28H26N6S/c1-16(2)24-8-9-25(35-24)21-14-30-15-23-27(21)32-28(31-23)26-19(5)22(33-34-26)7-6-18(4)20-10-11-29-13-17(3)12-20/h6-10,12-15,33H,1,5,11H2,2-4H3,(H,31,32)/b18-6+,22-7+. The van der Waals surface area contributed by atoms with Crippen LogP contribution >= 0.6 is 11.3 Å². The van der Waals surface area contributed by atoms with Crippen LogP contribution < -0.4 is 10.6 Å². The van der Waals surface area contributed by atoms with Gasteiger partial charge in [-0.1, -0.05) is 31.4 Å². The van der Waals surface area contributed by atoms with Gasteiger partial charge in [-0.15, -0.1) is 11.3 Å². The molecule has 0 radical (unpaired) electrons. The zero-order valence-electron chi connectivity index (χ0n) is 20.0. The summed E-state index contributed by atoms with van der Waals surface area (Å²) in [4.78, 5) is 19.3. The molecule has 35 heavy (non-hydrogen) atoms. The van der Waals surface area contributed by atoms with E-state index in [1.54, 1.807) is 17.5 Å². The highest BCUT2D eigenvalue weighted by atomic mass is 32.1. The first-order chi connectivity index (χ1) is 16.9. The summed E-state index contributed by atoms with van der Waals surface area (Å²) in [6.07, 6.45) is 13.9. The number of nitrogens with one attached hydrogen (secondary N) is 2. The molecular formula is C28H26N6S. The summed E-state index contributed by atoms with van der Waals surface area (Å²) in [5.74, 6) is 0.662. The van der Waals surface area contributed by atoms with Crippen LogP contribution in [0.1, 0.15) is 25.6 Å². The predicted octanol–water partition coefficient (Wildman–Crippen LogP) is 5.20. The molecule has 1 aliphatic rings. The quantitative estimate of drug-likeness (QED) is 0.413. The van der Waals surface area contributed by atoms with Crippen molar-refractivity contribution in [2.45, 2.75) is 20.8 Å². The van der Waals surface area contributed by atoms with Gasteiger partial charge in [0.15, 0.2) is 5.82 Å². The van der Waals surface area contributed by atoms with E-state index in [-0.39, 0.29) is 0 Å². The third kappa shape index (κ3) is 4.50. The molecule has 0 fully saturated rings. The van der Waals surface area contributed by atoms with Gasteiger partial charge in [0.25, 0.3) is 0 Å². The Bertz CT molecular complexity index is 1690. The molecule has 2 N–H and O–H groups in total. The first kappa shape index (κ1) is 22.7. The average molecular weight is 479 g/mol. The van der Waals surface area contributed by atoms with Crippen molar-refractivity contribution in [2.24, 2.45) is 4.99 Å². The van der Waals surface area contributed by atoms with Gasteiger partial charge in [0.05, 0.1) is 23.6 Å². The molecular weight excluding hydrogens is 452 g/mol. The largest absolute Gasteiger partial charge is 0.335 e. The number of hydrogen-bond donors (Lipinski definition) is 2. The fourth-order valence-corrected chi connectivity index (χ4v) is 4.86. The molecule has 5 rings (SSSR count). The summed E-state index contributed by atoms with van der Waals surface area (Å²) in [7, 11) is 0. The van der Waals surface area contributed by atoms with E-state index in [1.807, 2.05) is 25.4 Å². The molecule has 0 saturated heterocycles. The normalized spacial score (nSPS) is 14.8. The van der Waals surface area contributed by atoms with Gasteiger partial charge >= 0.3 is 0 Å². The SMILES string of the molecule is C=C(C)c1ccc(-c2cncc3[nH]c(-c4n[nH]/c(=C/C=C(\C)C5=CCN=CC(C)=C5)c4=C)nc23)s1. The topological polar surface area (TPSA) is 82.6 Å². The Labute approximate surface area is 207 Å². The molecule has 0 bridgehead atoms. The van der Waals surface area contributed by atoms with Gasteiger partial charge in [-0.3, -0.25) is 15.1 Å². The van der Waals surface area contributed by atoms with Gasteiger partial charge in [0, 0.05) is 32.9 Å². The number of aromatic nitrogens is 5. The molecule has 0 atom stereocenters. The molecule has 5 heterocycles. The molecule has 0 unspecified atom stereocenters. The lowest BCUT2D eigenvalue weighted by Crippen LogP contribution is -2.21. The lowest BCUT2D eigenvalue weighted by atomic mass is 10.0. The Kier molecular flexibility index (Phi) is 6.01. The minimum Gasteiger partial charge on any atom is -0.335 e. The first-order valence-electron chi connectivity index (χ1n) is 11.3. The number of rotatable bonds is 5. The summed E-state index contributed by atoms with van der Waals surface area (Å²) in [6, 6.07) is 4.18. The van der Waals surface area contributed by atoms with Crippen molar-refractivity contribution in [1.29, 1.82) is 0 Å². The van der Waals surface area contributed by atoms with Crippen LogP contribution in [0.5, 0.6) is 0 Å². The van der Waals surface area contributed by atoms with Gasteiger partial charge in [-0.05, 0) is 61.3 Å². The first-order valence-corrected chi connectivity index (χ1v) is 12.1. The second-order valence-electron chi connectivity index (χ2n) is 8.64.